The Bertz CT molecular complexity index is 189. The largest absolute Gasteiger partial charge is 0.370 e. The van der Waals surface area contributed by atoms with Gasteiger partial charge in [0.2, 0.25) is 11.8 Å². The van der Waals surface area contributed by atoms with Gasteiger partial charge in [-0.05, 0) is 12.8 Å². The van der Waals surface area contributed by atoms with E-state index in [1.807, 2.05) is 0 Å². The van der Waals surface area contributed by atoms with Crippen LogP contribution >= 0.6 is 0 Å². The Hall–Kier alpha value is -1.32. The molecule has 0 aliphatic rings. The van der Waals surface area contributed by atoms with Crippen LogP contribution in [0, 0.1) is 5.92 Å². The smallest absolute Gasteiger partial charge is 0.224 e. The average Bonchev–Trinajstić information content (AvgIpc) is 1.96. The van der Waals surface area contributed by atoms with E-state index in [0.717, 1.165) is 0 Å². The van der Waals surface area contributed by atoms with Gasteiger partial charge in [0.1, 0.15) is 0 Å². The summed E-state index contributed by atoms with van der Waals surface area (Å²) in [6, 6.07) is 0. The zero-order chi connectivity index (χ0) is 9.56. The fourth-order valence-electron chi connectivity index (χ4n) is 0.872. The maximum atomic E-state index is 10.6. The number of amides is 2. The third-order valence-corrected chi connectivity index (χ3v) is 1.59. The van der Waals surface area contributed by atoms with Crippen molar-refractivity contribution in [2.24, 2.45) is 17.4 Å². The van der Waals surface area contributed by atoms with E-state index in [-0.39, 0.29) is 18.2 Å². The molecular formula is C8H14N2O2. The van der Waals surface area contributed by atoms with Crippen LogP contribution < -0.4 is 11.5 Å². The van der Waals surface area contributed by atoms with Crippen molar-refractivity contribution in [3.63, 3.8) is 0 Å². The summed E-state index contributed by atoms with van der Waals surface area (Å²) >= 11 is 0. The average molecular weight is 170 g/mol. The molecule has 0 spiro atoms. The molecule has 0 aromatic carbocycles. The van der Waals surface area contributed by atoms with E-state index in [1.54, 1.807) is 0 Å². The first-order valence-electron chi connectivity index (χ1n) is 3.78. The molecule has 4 N–H and O–H groups in total. The summed E-state index contributed by atoms with van der Waals surface area (Å²) in [4.78, 5) is 21.0. The first-order valence-corrected chi connectivity index (χ1v) is 3.78. The molecule has 0 aliphatic carbocycles. The molecule has 0 aromatic heterocycles. The van der Waals surface area contributed by atoms with Crippen molar-refractivity contribution < 1.29 is 9.59 Å². The summed E-state index contributed by atoms with van der Waals surface area (Å²) in [6.07, 6.45) is 2.90. The Balaban J connectivity index is 3.66. The highest BCUT2D eigenvalue weighted by Gasteiger charge is 2.10. The molecule has 0 fully saturated rings. The molecule has 4 heteroatoms. The van der Waals surface area contributed by atoms with Gasteiger partial charge in [0.25, 0.3) is 0 Å². The lowest BCUT2D eigenvalue weighted by Crippen LogP contribution is -2.21. The van der Waals surface area contributed by atoms with E-state index in [4.69, 9.17) is 11.5 Å². The molecule has 1 atom stereocenters. The zero-order valence-electron chi connectivity index (χ0n) is 6.95. The summed E-state index contributed by atoms with van der Waals surface area (Å²) in [5.74, 6) is -1.11. The number of carbonyl (C=O) groups is 2. The molecule has 0 saturated carbocycles. The number of nitrogens with two attached hydrogens (primary N) is 2. The second-order valence-electron chi connectivity index (χ2n) is 2.60. The molecular weight excluding hydrogens is 156 g/mol. The van der Waals surface area contributed by atoms with Crippen molar-refractivity contribution in [3.8, 4) is 0 Å². The van der Waals surface area contributed by atoms with Gasteiger partial charge in [-0.15, -0.1) is 6.58 Å². The Labute approximate surface area is 71.6 Å². The van der Waals surface area contributed by atoms with Crippen LogP contribution in [0.2, 0.25) is 0 Å². The summed E-state index contributed by atoms with van der Waals surface area (Å²) in [5, 5.41) is 0. The van der Waals surface area contributed by atoms with Gasteiger partial charge in [0.05, 0.1) is 5.92 Å². The van der Waals surface area contributed by atoms with Crippen molar-refractivity contribution in [2.75, 3.05) is 0 Å². The maximum Gasteiger partial charge on any atom is 0.224 e. The second-order valence-corrected chi connectivity index (χ2v) is 2.60. The third-order valence-electron chi connectivity index (χ3n) is 1.59. The lowest BCUT2D eigenvalue weighted by Gasteiger charge is -2.05. The maximum absolute atomic E-state index is 10.6. The van der Waals surface area contributed by atoms with Crippen LogP contribution in [-0.2, 0) is 9.59 Å². The predicted molar refractivity (Wildman–Crippen MR) is 45.9 cm³/mol. The number of carbonyl (C=O) groups excluding carboxylic acids is 2. The summed E-state index contributed by atoms with van der Waals surface area (Å²) in [6.45, 7) is 3.46. The van der Waals surface area contributed by atoms with Crippen LogP contribution in [0.4, 0.5) is 0 Å². The standard InChI is InChI=1S/C8H14N2O2/c1-2-6(8(10)12)4-3-5-7(9)11/h2,6H,1,3-5H2,(H2,9,11)(H2,10,12). The lowest BCUT2D eigenvalue weighted by molar-refractivity contribution is -0.121. The molecule has 1 unspecified atom stereocenters. The van der Waals surface area contributed by atoms with Crippen LogP contribution in [0.1, 0.15) is 19.3 Å². The van der Waals surface area contributed by atoms with Gasteiger partial charge in [0, 0.05) is 6.42 Å². The van der Waals surface area contributed by atoms with Gasteiger partial charge in [-0.25, -0.2) is 0 Å². The van der Waals surface area contributed by atoms with Gasteiger partial charge in [-0.3, -0.25) is 9.59 Å². The third kappa shape index (κ3) is 4.49. The van der Waals surface area contributed by atoms with E-state index in [9.17, 15) is 9.59 Å². The Morgan fingerprint density at radius 3 is 2.33 bits per heavy atom. The highest BCUT2D eigenvalue weighted by molar-refractivity contribution is 5.78. The zero-order valence-corrected chi connectivity index (χ0v) is 6.95. The second kappa shape index (κ2) is 5.35. The molecule has 0 rings (SSSR count). The minimum Gasteiger partial charge on any atom is -0.370 e. The fraction of sp³-hybridized carbons (Fsp3) is 0.500. The first-order chi connectivity index (χ1) is 5.57. The van der Waals surface area contributed by atoms with Gasteiger partial charge in [-0.1, -0.05) is 6.08 Å². The molecule has 2 amide bonds. The van der Waals surface area contributed by atoms with Gasteiger partial charge < -0.3 is 11.5 Å². The quantitative estimate of drug-likeness (QED) is 0.546. The SMILES string of the molecule is C=CC(CCCC(N)=O)C(N)=O. The monoisotopic (exact) mass is 170 g/mol. The number of primary amides is 2. The van der Waals surface area contributed by atoms with E-state index in [2.05, 4.69) is 6.58 Å². The van der Waals surface area contributed by atoms with Gasteiger partial charge >= 0.3 is 0 Å². The molecule has 4 nitrogen and oxygen atoms in total. The fourth-order valence-corrected chi connectivity index (χ4v) is 0.872. The molecule has 0 aromatic rings. The lowest BCUT2D eigenvalue weighted by atomic mass is 10.0. The Kier molecular flexibility index (Phi) is 4.76. The van der Waals surface area contributed by atoms with Crippen LogP contribution in [-0.4, -0.2) is 11.8 Å². The molecule has 12 heavy (non-hydrogen) atoms. The van der Waals surface area contributed by atoms with Crippen molar-refractivity contribution in [2.45, 2.75) is 19.3 Å². The van der Waals surface area contributed by atoms with E-state index >= 15 is 0 Å². The Morgan fingerprint density at radius 1 is 1.42 bits per heavy atom. The normalized spacial score (nSPS) is 12.0. The predicted octanol–water partition coefficient (Wildman–Crippen LogP) is -0.0705. The van der Waals surface area contributed by atoms with Gasteiger partial charge in [-0.2, -0.15) is 0 Å². The summed E-state index contributed by atoms with van der Waals surface area (Å²) in [5.41, 5.74) is 9.95. The van der Waals surface area contributed by atoms with E-state index in [0.29, 0.717) is 12.8 Å². The minimum absolute atomic E-state index is 0.289. The topological polar surface area (TPSA) is 86.2 Å². The van der Waals surface area contributed by atoms with E-state index in [1.165, 1.54) is 6.08 Å². The molecule has 0 aliphatic heterocycles. The molecule has 0 saturated heterocycles. The van der Waals surface area contributed by atoms with Crippen LogP contribution in [0.15, 0.2) is 12.7 Å². The van der Waals surface area contributed by atoms with Crippen molar-refractivity contribution in [3.05, 3.63) is 12.7 Å². The molecule has 0 radical (unpaired) electrons. The molecule has 68 valence electrons. The van der Waals surface area contributed by atoms with Crippen LogP contribution in [0.25, 0.3) is 0 Å². The van der Waals surface area contributed by atoms with Crippen molar-refractivity contribution >= 4 is 11.8 Å². The summed E-state index contributed by atoms with van der Waals surface area (Å²) in [7, 11) is 0. The Morgan fingerprint density at radius 2 is 2.00 bits per heavy atom. The van der Waals surface area contributed by atoms with E-state index < -0.39 is 5.91 Å². The highest BCUT2D eigenvalue weighted by atomic mass is 16.1. The van der Waals surface area contributed by atoms with Crippen LogP contribution in [0.3, 0.4) is 0 Å². The van der Waals surface area contributed by atoms with Crippen molar-refractivity contribution in [1.82, 2.24) is 0 Å². The van der Waals surface area contributed by atoms with Gasteiger partial charge in [0.15, 0.2) is 0 Å². The summed E-state index contributed by atoms with van der Waals surface area (Å²) < 4.78 is 0. The number of rotatable bonds is 6. The minimum atomic E-state index is -0.408. The van der Waals surface area contributed by atoms with Crippen LogP contribution in [0.5, 0.6) is 0 Å². The number of hydrogen-bond donors (Lipinski definition) is 2. The van der Waals surface area contributed by atoms with Crippen molar-refractivity contribution in [1.29, 1.82) is 0 Å². The highest BCUT2D eigenvalue weighted by Crippen LogP contribution is 2.08. The molecule has 0 heterocycles. The number of hydrogen-bond acceptors (Lipinski definition) is 2. The molecule has 0 bridgehead atoms. The first kappa shape index (κ1) is 10.7.